The van der Waals surface area contributed by atoms with Gasteiger partial charge >= 0.3 is 0 Å². The zero-order valence-electron chi connectivity index (χ0n) is 14.1. The summed E-state index contributed by atoms with van der Waals surface area (Å²) in [6.07, 6.45) is 0.960. The van der Waals surface area contributed by atoms with Crippen LogP contribution in [-0.4, -0.2) is 28.8 Å². The van der Waals surface area contributed by atoms with Gasteiger partial charge in [-0.1, -0.05) is 41.1 Å². The Morgan fingerprint density at radius 1 is 1.32 bits per heavy atom. The molecule has 25 heavy (non-hydrogen) atoms. The molecule has 3 rings (SSSR count). The van der Waals surface area contributed by atoms with Gasteiger partial charge in [0.15, 0.2) is 5.72 Å². The number of carbonyl (C=O) groups excluding carboxylic acids is 1. The van der Waals surface area contributed by atoms with Crippen LogP contribution in [-0.2, 0) is 5.72 Å². The number of hydrogen-bond acceptors (Lipinski definition) is 4. The van der Waals surface area contributed by atoms with E-state index in [1.807, 2.05) is 19.1 Å². The Kier molecular flexibility index (Phi) is 4.92. The summed E-state index contributed by atoms with van der Waals surface area (Å²) in [6, 6.07) is 14.1. The molecule has 0 aliphatic carbocycles. The number of carbonyl (C=O) groups is 1. The lowest BCUT2D eigenvalue weighted by atomic mass is 9.96. The summed E-state index contributed by atoms with van der Waals surface area (Å²) >= 11 is 3.39. The quantitative estimate of drug-likeness (QED) is 0.842. The molecule has 6 heteroatoms. The number of benzene rings is 2. The van der Waals surface area contributed by atoms with E-state index in [-0.39, 0.29) is 5.91 Å². The Morgan fingerprint density at radius 3 is 2.68 bits per heavy atom. The van der Waals surface area contributed by atoms with E-state index in [1.54, 1.807) is 43.5 Å². The maximum atomic E-state index is 13.0. The van der Waals surface area contributed by atoms with Gasteiger partial charge in [-0.3, -0.25) is 4.79 Å². The number of nitrogens with zero attached hydrogens (tertiary/aromatic N) is 2. The molecule has 0 spiro atoms. The van der Waals surface area contributed by atoms with Crippen LogP contribution in [0, 0.1) is 0 Å². The second kappa shape index (κ2) is 6.98. The third-order valence-electron chi connectivity index (χ3n) is 4.27. The van der Waals surface area contributed by atoms with Crippen molar-refractivity contribution < 1.29 is 14.6 Å². The highest BCUT2D eigenvalue weighted by molar-refractivity contribution is 9.10. The van der Waals surface area contributed by atoms with Gasteiger partial charge in [-0.05, 0) is 36.8 Å². The van der Waals surface area contributed by atoms with E-state index < -0.39 is 5.72 Å². The molecule has 1 amide bonds. The van der Waals surface area contributed by atoms with E-state index >= 15 is 0 Å². The summed E-state index contributed by atoms with van der Waals surface area (Å²) < 4.78 is 6.09. The third kappa shape index (κ3) is 3.32. The standard InChI is InChI=1S/C19H19BrN2O3/c1-3-16-12-19(24,14-7-9-15(20)10-8-14)22(21-16)18(23)13-5-4-6-17(11-13)25-2/h4-11,24H,3,12H2,1-2H3/t19-/m0/s1. The lowest BCUT2D eigenvalue weighted by Gasteiger charge is -2.31. The number of amides is 1. The van der Waals surface area contributed by atoms with Gasteiger partial charge in [0.25, 0.3) is 5.91 Å². The highest BCUT2D eigenvalue weighted by Gasteiger charge is 2.45. The molecule has 0 bridgehead atoms. The van der Waals surface area contributed by atoms with E-state index in [0.717, 1.165) is 10.2 Å². The van der Waals surface area contributed by atoms with Crippen LogP contribution in [0.2, 0.25) is 0 Å². The van der Waals surface area contributed by atoms with Crippen molar-refractivity contribution in [1.29, 1.82) is 0 Å². The summed E-state index contributed by atoms with van der Waals surface area (Å²) in [6.45, 7) is 1.96. The van der Waals surface area contributed by atoms with Crippen molar-refractivity contribution >= 4 is 27.5 Å². The minimum absolute atomic E-state index is 0.293. The largest absolute Gasteiger partial charge is 0.497 e. The number of aliphatic hydroxyl groups is 1. The van der Waals surface area contributed by atoms with Crippen molar-refractivity contribution in [3.63, 3.8) is 0 Å². The highest BCUT2D eigenvalue weighted by atomic mass is 79.9. The molecule has 130 valence electrons. The molecule has 2 aromatic carbocycles. The molecule has 1 aliphatic rings. The average molecular weight is 403 g/mol. The molecule has 0 fully saturated rings. The predicted molar refractivity (Wildman–Crippen MR) is 99.5 cm³/mol. The Hall–Kier alpha value is -2.18. The minimum atomic E-state index is -1.49. The summed E-state index contributed by atoms with van der Waals surface area (Å²) in [5, 5.41) is 16.9. The van der Waals surface area contributed by atoms with Gasteiger partial charge in [-0.25, -0.2) is 0 Å². The molecule has 1 atom stereocenters. The van der Waals surface area contributed by atoms with Crippen LogP contribution in [0.15, 0.2) is 58.1 Å². The first kappa shape index (κ1) is 17.6. The molecule has 5 nitrogen and oxygen atoms in total. The molecule has 2 aromatic rings. The smallest absolute Gasteiger partial charge is 0.277 e. The number of rotatable bonds is 4. The summed E-state index contributed by atoms with van der Waals surface area (Å²) in [7, 11) is 1.55. The number of ether oxygens (including phenoxy) is 1. The lowest BCUT2D eigenvalue weighted by Crippen LogP contribution is -2.43. The fourth-order valence-electron chi connectivity index (χ4n) is 2.85. The van der Waals surface area contributed by atoms with Crippen LogP contribution in [0.4, 0.5) is 0 Å². The average Bonchev–Trinajstić information content (AvgIpc) is 2.99. The molecule has 0 saturated heterocycles. The minimum Gasteiger partial charge on any atom is -0.497 e. The molecule has 0 radical (unpaired) electrons. The first-order valence-electron chi connectivity index (χ1n) is 8.01. The Labute approximate surface area is 155 Å². The molecule has 0 unspecified atom stereocenters. The van der Waals surface area contributed by atoms with Crippen LogP contribution < -0.4 is 4.74 Å². The summed E-state index contributed by atoms with van der Waals surface area (Å²) in [4.78, 5) is 13.0. The van der Waals surface area contributed by atoms with Crippen molar-refractivity contribution in [2.45, 2.75) is 25.5 Å². The maximum Gasteiger partial charge on any atom is 0.277 e. The van der Waals surface area contributed by atoms with E-state index in [0.29, 0.717) is 29.7 Å². The van der Waals surface area contributed by atoms with Crippen molar-refractivity contribution in [2.75, 3.05) is 7.11 Å². The number of methoxy groups -OCH3 is 1. The molecular formula is C19H19BrN2O3. The van der Waals surface area contributed by atoms with E-state index in [9.17, 15) is 9.90 Å². The van der Waals surface area contributed by atoms with Crippen LogP contribution in [0.3, 0.4) is 0 Å². The molecule has 1 N–H and O–H groups in total. The second-order valence-electron chi connectivity index (χ2n) is 5.87. The first-order chi connectivity index (χ1) is 12.0. The highest BCUT2D eigenvalue weighted by Crippen LogP contribution is 2.37. The Bertz CT molecular complexity index is 820. The van der Waals surface area contributed by atoms with Gasteiger partial charge in [-0.15, -0.1) is 0 Å². The van der Waals surface area contributed by atoms with Gasteiger partial charge in [0.1, 0.15) is 5.75 Å². The van der Waals surface area contributed by atoms with E-state index in [4.69, 9.17) is 4.74 Å². The van der Waals surface area contributed by atoms with Crippen LogP contribution in [0.25, 0.3) is 0 Å². The summed E-state index contributed by atoms with van der Waals surface area (Å²) in [5.74, 6) is 0.213. The Balaban J connectivity index is 2.01. The van der Waals surface area contributed by atoms with Crippen LogP contribution >= 0.6 is 15.9 Å². The number of halogens is 1. The third-order valence-corrected chi connectivity index (χ3v) is 4.79. The second-order valence-corrected chi connectivity index (χ2v) is 6.78. The van der Waals surface area contributed by atoms with Gasteiger partial charge in [0, 0.05) is 27.7 Å². The van der Waals surface area contributed by atoms with E-state index in [1.165, 1.54) is 5.01 Å². The SMILES string of the molecule is CCC1=NN(C(=O)c2cccc(OC)c2)[C@@](O)(c2ccc(Br)cc2)C1. The zero-order valence-corrected chi connectivity index (χ0v) is 15.7. The van der Waals surface area contributed by atoms with Crippen molar-refractivity contribution in [2.24, 2.45) is 5.10 Å². The fraction of sp³-hybridized carbons (Fsp3) is 0.263. The fourth-order valence-corrected chi connectivity index (χ4v) is 3.11. The van der Waals surface area contributed by atoms with Crippen LogP contribution in [0.1, 0.15) is 35.7 Å². The number of hydrazone groups is 1. The van der Waals surface area contributed by atoms with Crippen LogP contribution in [0.5, 0.6) is 5.75 Å². The molecule has 1 aliphatic heterocycles. The van der Waals surface area contributed by atoms with Crippen molar-refractivity contribution in [1.82, 2.24) is 5.01 Å². The number of hydrogen-bond donors (Lipinski definition) is 1. The normalized spacial score (nSPS) is 19.7. The topological polar surface area (TPSA) is 62.1 Å². The van der Waals surface area contributed by atoms with Crippen molar-refractivity contribution in [3.8, 4) is 5.75 Å². The van der Waals surface area contributed by atoms with Gasteiger partial charge in [-0.2, -0.15) is 10.1 Å². The first-order valence-corrected chi connectivity index (χ1v) is 8.80. The van der Waals surface area contributed by atoms with E-state index in [2.05, 4.69) is 21.0 Å². The molecule has 0 saturated carbocycles. The maximum absolute atomic E-state index is 13.0. The molecular weight excluding hydrogens is 384 g/mol. The predicted octanol–water partition coefficient (Wildman–Crippen LogP) is 3.91. The molecule has 1 heterocycles. The summed E-state index contributed by atoms with van der Waals surface area (Å²) in [5.41, 5.74) is 0.323. The molecule has 0 aromatic heterocycles. The van der Waals surface area contributed by atoms with Gasteiger partial charge in [0.2, 0.25) is 0 Å². The zero-order chi connectivity index (χ0) is 18.0. The van der Waals surface area contributed by atoms with Crippen molar-refractivity contribution in [3.05, 3.63) is 64.1 Å². The monoisotopic (exact) mass is 402 g/mol. The van der Waals surface area contributed by atoms with Gasteiger partial charge in [0.05, 0.1) is 7.11 Å². The van der Waals surface area contributed by atoms with Gasteiger partial charge < -0.3 is 9.84 Å². The Morgan fingerprint density at radius 2 is 2.04 bits per heavy atom. The lowest BCUT2D eigenvalue weighted by molar-refractivity contribution is -0.0765.